The lowest BCUT2D eigenvalue weighted by Gasteiger charge is -2.21. The van der Waals surface area contributed by atoms with Gasteiger partial charge in [-0.05, 0) is 36.3 Å². The minimum Gasteiger partial charge on any atom is -0.491 e. The van der Waals surface area contributed by atoms with Gasteiger partial charge in [-0.15, -0.1) is 11.3 Å². The number of hydrogen-bond donors (Lipinski definition) is 1. The number of ether oxygens (including phenoxy) is 1. The highest BCUT2D eigenvalue weighted by Gasteiger charge is 2.36. The number of fused-ring (bicyclic) bond motifs is 1. The van der Waals surface area contributed by atoms with Crippen molar-refractivity contribution in [1.82, 2.24) is 5.32 Å². The van der Waals surface area contributed by atoms with Gasteiger partial charge in [-0.1, -0.05) is 24.3 Å². The number of rotatable bonds is 4. The topological polar surface area (TPSA) is 21.3 Å². The van der Waals surface area contributed by atoms with Gasteiger partial charge in [0.1, 0.15) is 12.4 Å². The maximum absolute atomic E-state index is 5.77. The van der Waals surface area contributed by atoms with Gasteiger partial charge in [-0.25, -0.2) is 0 Å². The monoisotopic (exact) mass is 271 g/mol. The molecule has 2 unspecified atom stereocenters. The number of nitrogens with one attached hydrogen (secondary N) is 1. The van der Waals surface area contributed by atoms with Gasteiger partial charge < -0.3 is 4.74 Å². The van der Waals surface area contributed by atoms with E-state index in [1.54, 1.807) is 0 Å². The molecule has 2 aromatic rings. The van der Waals surface area contributed by atoms with Gasteiger partial charge in [0.05, 0.1) is 6.04 Å². The summed E-state index contributed by atoms with van der Waals surface area (Å²) in [5, 5.41) is 5.99. The fraction of sp³-hybridized carbons (Fsp3) is 0.375. The van der Waals surface area contributed by atoms with E-state index in [2.05, 4.69) is 41.0 Å². The minimum atomic E-state index is 0.337. The van der Waals surface area contributed by atoms with Crippen molar-refractivity contribution in [2.75, 3.05) is 6.61 Å². The van der Waals surface area contributed by atoms with Crippen LogP contribution in [0.25, 0.3) is 0 Å². The summed E-state index contributed by atoms with van der Waals surface area (Å²) in [6.07, 6.45) is 2.70. The SMILES string of the molecule is c1csc(C(NC2COc3ccccc32)C2CC2)c1. The van der Waals surface area contributed by atoms with Crippen LogP contribution in [0, 0.1) is 5.92 Å². The summed E-state index contributed by atoms with van der Waals surface area (Å²) in [6, 6.07) is 13.6. The predicted molar refractivity (Wildman–Crippen MR) is 77.6 cm³/mol. The van der Waals surface area contributed by atoms with Crippen LogP contribution in [0.15, 0.2) is 41.8 Å². The highest BCUT2D eigenvalue weighted by molar-refractivity contribution is 7.10. The Labute approximate surface area is 117 Å². The average Bonchev–Trinajstić information content (AvgIpc) is 3.00. The number of para-hydroxylation sites is 1. The maximum atomic E-state index is 5.77. The molecule has 2 atom stereocenters. The van der Waals surface area contributed by atoms with Crippen LogP contribution in [-0.2, 0) is 0 Å². The molecule has 2 nitrogen and oxygen atoms in total. The molecule has 0 bridgehead atoms. The Bertz CT molecular complexity index is 562. The van der Waals surface area contributed by atoms with E-state index in [1.165, 1.54) is 23.3 Å². The lowest BCUT2D eigenvalue weighted by molar-refractivity contribution is 0.292. The molecule has 1 aromatic carbocycles. The van der Waals surface area contributed by atoms with Crippen LogP contribution in [0.3, 0.4) is 0 Å². The molecule has 1 aliphatic heterocycles. The van der Waals surface area contributed by atoms with Crippen molar-refractivity contribution in [2.24, 2.45) is 5.92 Å². The molecule has 19 heavy (non-hydrogen) atoms. The predicted octanol–water partition coefficient (Wildman–Crippen LogP) is 3.92. The van der Waals surface area contributed by atoms with Crippen molar-refractivity contribution in [1.29, 1.82) is 0 Å². The quantitative estimate of drug-likeness (QED) is 0.910. The lowest BCUT2D eigenvalue weighted by Crippen LogP contribution is -2.28. The van der Waals surface area contributed by atoms with E-state index in [4.69, 9.17) is 4.74 Å². The van der Waals surface area contributed by atoms with Crippen LogP contribution in [0.2, 0.25) is 0 Å². The molecule has 0 spiro atoms. The van der Waals surface area contributed by atoms with E-state index in [-0.39, 0.29) is 0 Å². The second-order valence-electron chi connectivity index (χ2n) is 5.40. The Morgan fingerprint density at radius 3 is 2.84 bits per heavy atom. The standard InChI is InChI=1S/C16H17NOS/c1-2-5-14-12(4-1)13(10-18-14)17-16(11-7-8-11)15-6-3-9-19-15/h1-6,9,11,13,16-17H,7-8,10H2. The summed E-state index contributed by atoms with van der Waals surface area (Å²) in [6.45, 7) is 0.758. The summed E-state index contributed by atoms with van der Waals surface area (Å²) in [5.74, 6) is 1.85. The molecule has 1 saturated carbocycles. The van der Waals surface area contributed by atoms with Crippen molar-refractivity contribution in [3.63, 3.8) is 0 Å². The zero-order valence-corrected chi connectivity index (χ0v) is 11.5. The Morgan fingerprint density at radius 2 is 2.05 bits per heavy atom. The van der Waals surface area contributed by atoms with Gasteiger partial charge in [0, 0.05) is 16.5 Å². The number of hydrogen-bond acceptors (Lipinski definition) is 3. The summed E-state index contributed by atoms with van der Waals surface area (Å²) in [5.41, 5.74) is 1.31. The second-order valence-corrected chi connectivity index (χ2v) is 6.38. The Hall–Kier alpha value is -1.32. The summed E-state index contributed by atoms with van der Waals surface area (Å²) < 4.78 is 5.77. The molecule has 2 aliphatic rings. The van der Waals surface area contributed by atoms with Gasteiger partial charge in [0.2, 0.25) is 0 Å². The molecule has 4 rings (SSSR count). The van der Waals surface area contributed by atoms with Gasteiger partial charge in [-0.3, -0.25) is 5.32 Å². The molecular weight excluding hydrogens is 254 g/mol. The first kappa shape index (κ1) is 11.5. The average molecular weight is 271 g/mol. The fourth-order valence-corrected chi connectivity index (χ4v) is 3.74. The highest BCUT2D eigenvalue weighted by Crippen LogP contribution is 2.44. The van der Waals surface area contributed by atoms with Crippen molar-refractivity contribution in [3.05, 3.63) is 52.2 Å². The van der Waals surface area contributed by atoms with E-state index in [1.807, 2.05) is 17.4 Å². The molecule has 0 saturated heterocycles. The van der Waals surface area contributed by atoms with Gasteiger partial charge in [0.25, 0.3) is 0 Å². The van der Waals surface area contributed by atoms with Crippen molar-refractivity contribution in [3.8, 4) is 5.75 Å². The minimum absolute atomic E-state index is 0.337. The zero-order valence-electron chi connectivity index (χ0n) is 10.7. The Balaban J connectivity index is 1.57. The lowest BCUT2D eigenvalue weighted by atomic mass is 10.0. The normalized spacial score (nSPS) is 22.8. The first-order chi connectivity index (χ1) is 9.42. The van der Waals surface area contributed by atoms with E-state index in [9.17, 15) is 0 Å². The number of benzene rings is 1. The smallest absolute Gasteiger partial charge is 0.124 e. The van der Waals surface area contributed by atoms with Crippen molar-refractivity contribution >= 4 is 11.3 Å². The second kappa shape index (κ2) is 4.66. The molecule has 98 valence electrons. The molecule has 1 aromatic heterocycles. The van der Waals surface area contributed by atoms with Crippen LogP contribution in [0.4, 0.5) is 0 Å². The molecule has 1 fully saturated rings. The van der Waals surface area contributed by atoms with E-state index in [0.717, 1.165) is 18.3 Å². The molecule has 0 radical (unpaired) electrons. The molecule has 0 amide bonds. The maximum Gasteiger partial charge on any atom is 0.124 e. The molecule has 3 heteroatoms. The van der Waals surface area contributed by atoms with E-state index in [0.29, 0.717) is 12.1 Å². The van der Waals surface area contributed by atoms with E-state index < -0.39 is 0 Å². The largest absolute Gasteiger partial charge is 0.491 e. The first-order valence-corrected chi connectivity index (χ1v) is 7.81. The van der Waals surface area contributed by atoms with Crippen LogP contribution >= 0.6 is 11.3 Å². The highest BCUT2D eigenvalue weighted by atomic mass is 32.1. The summed E-state index contributed by atoms with van der Waals surface area (Å²) in [4.78, 5) is 1.46. The van der Waals surface area contributed by atoms with Gasteiger partial charge >= 0.3 is 0 Å². The van der Waals surface area contributed by atoms with Gasteiger partial charge in [0.15, 0.2) is 0 Å². The molecule has 1 N–H and O–H groups in total. The van der Waals surface area contributed by atoms with Crippen LogP contribution in [0.5, 0.6) is 5.75 Å². The zero-order chi connectivity index (χ0) is 12.7. The van der Waals surface area contributed by atoms with Crippen LogP contribution < -0.4 is 10.1 Å². The third-order valence-corrected chi connectivity index (χ3v) is 4.98. The fourth-order valence-electron chi connectivity index (χ4n) is 2.87. The Kier molecular flexibility index (Phi) is 2.82. The summed E-state index contributed by atoms with van der Waals surface area (Å²) >= 11 is 1.86. The Morgan fingerprint density at radius 1 is 1.16 bits per heavy atom. The van der Waals surface area contributed by atoms with Gasteiger partial charge in [-0.2, -0.15) is 0 Å². The first-order valence-electron chi connectivity index (χ1n) is 6.93. The third kappa shape index (κ3) is 2.17. The molecule has 2 heterocycles. The number of thiophene rings is 1. The van der Waals surface area contributed by atoms with E-state index >= 15 is 0 Å². The van der Waals surface area contributed by atoms with Crippen LogP contribution in [0.1, 0.15) is 35.4 Å². The summed E-state index contributed by atoms with van der Waals surface area (Å²) in [7, 11) is 0. The van der Waals surface area contributed by atoms with Crippen LogP contribution in [-0.4, -0.2) is 6.61 Å². The van der Waals surface area contributed by atoms with Crippen molar-refractivity contribution < 1.29 is 4.74 Å². The molecular formula is C16H17NOS. The molecule has 1 aliphatic carbocycles. The third-order valence-electron chi connectivity index (χ3n) is 4.02. The van der Waals surface area contributed by atoms with Crippen molar-refractivity contribution in [2.45, 2.75) is 24.9 Å².